The highest BCUT2D eigenvalue weighted by Gasteiger charge is 2.10. The van der Waals surface area contributed by atoms with Crippen molar-refractivity contribution in [3.63, 3.8) is 0 Å². The molecule has 0 spiro atoms. The molecule has 0 atom stereocenters. The van der Waals surface area contributed by atoms with Gasteiger partial charge in [-0.2, -0.15) is 5.10 Å². The van der Waals surface area contributed by atoms with Crippen LogP contribution in [0.4, 0.5) is 5.13 Å². The molecule has 5 nitrogen and oxygen atoms in total. The van der Waals surface area contributed by atoms with Crippen molar-refractivity contribution in [3.05, 3.63) is 82.0 Å². The van der Waals surface area contributed by atoms with Crippen LogP contribution in [-0.4, -0.2) is 18.3 Å². The second-order valence-electron chi connectivity index (χ2n) is 6.46. The van der Waals surface area contributed by atoms with E-state index in [1.54, 1.807) is 36.0 Å². The molecule has 2 aromatic heterocycles. The van der Waals surface area contributed by atoms with Crippen molar-refractivity contribution in [1.82, 2.24) is 4.98 Å². The number of nitrogens with one attached hydrogen (secondary N) is 1. The topological polar surface area (TPSA) is 55.7 Å². The number of hydrogen-bond donors (Lipinski definition) is 1. The number of ether oxygens (including phenoxy) is 2. The Labute approximate surface area is 183 Å². The zero-order valence-electron chi connectivity index (χ0n) is 16.7. The Morgan fingerprint density at radius 3 is 2.70 bits per heavy atom. The summed E-state index contributed by atoms with van der Waals surface area (Å²) < 4.78 is 11.4. The lowest BCUT2D eigenvalue weighted by Gasteiger charge is -2.11. The summed E-state index contributed by atoms with van der Waals surface area (Å²) in [5, 5.41) is 7.15. The fraction of sp³-hybridized carbons (Fsp3) is 0.130. The van der Waals surface area contributed by atoms with E-state index >= 15 is 0 Å². The Kier molecular flexibility index (Phi) is 6.41. The molecule has 152 valence electrons. The predicted octanol–water partition coefficient (Wildman–Crippen LogP) is 6.21. The summed E-state index contributed by atoms with van der Waals surface area (Å²) in [6, 6.07) is 19.9. The summed E-state index contributed by atoms with van der Waals surface area (Å²) in [6.45, 7) is 2.56. The first-order chi connectivity index (χ1) is 14.7. The highest BCUT2D eigenvalue weighted by atomic mass is 32.1. The first-order valence-electron chi connectivity index (χ1n) is 9.38. The number of aromatic nitrogens is 1. The second kappa shape index (κ2) is 9.56. The molecule has 30 heavy (non-hydrogen) atoms. The van der Waals surface area contributed by atoms with Crippen molar-refractivity contribution in [3.8, 4) is 22.1 Å². The van der Waals surface area contributed by atoms with Crippen LogP contribution in [0.15, 0.2) is 71.1 Å². The van der Waals surface area contributed by atoms with E-state index in [0.29, 0.717) is 18.1 Å². The lowest BCUT2D eigenvalue weighted by atomic mass is 10.2. The fourth-order valence-electron chi connectivity index (χ4n) is 2.87. The van der Waals surface area contributed by atoms with Crippen molar-refractivity contribution >= 4 is 34.0 Å². The maximum atomic E-state index is 5.90. The number of benzene rings is 2. The van der Waals surface area contributed by atoms with Crippen molar-refractivity contribution in [2.75, 3.05) is 12.5 Å². The van der Waals surface area contributed by atoms with Crippen molar-refractivity contribution in [1.29, 1.82) is 0 Å². The molecule has 0 saturated heterocycles. The summed E-state index contributed by atoms with van der Waals surface area (Å²) in [7, 11) is 1.63. The maximum Gasteiger partial charge on any atom is 0.204 e. The van der Waals surface area contributed by atoms with Gasteiger partial charge >= 0.3 is 0 Å². The number of rotatable bonds is 8. The van der Waals surface area contributed by atoms with Crippen molar-refractivity contribution in [2.45, 2.75) is 13.5 Å². The smallest absolute Gasteiger partial charge is 0.204 e. The van der Waals surface area contributed by atoms with Crippen LogP contribution in [0.1, 0.15) is 16.0 Å². The molecule has 0 radical (unpaired) electrons. The number of methoxy groups -OCH3 is 1. The Morgan fingerprint density at radius 2 is 1.93 bits per heavy atom. The van der Waals surface area contributed by atoms with E-state index in [1.165, 1.54) is 0 Å². The van der Waals surface area contributed by atoms with Gasteiger partial charge in [0.25, 0.3) is 0 Å². The SMILES string of the molecule is COc1cc(/C=N\Nc2nc(-c3cccs3)c(C)s2)ccc1OCc1ccccc1. The molecule has 4 aromatic rings. The molecule has 4 rings (SSSR count). The number of hydrogen-bond acceptors (Lipinski definition) is 7. The van der Waals surface area contributed by atoms with Gasteiger partial charge in [0.05, 0.1) is 23.9 Å². The average Bonchev–Trinajstić information content (AvgIpc) is 3.43. The van der Waals surface area contributed by atoms with Gasteiger partial charge in [0.15, 0.2) is 11.5 Å². The summed E-state index contributed by atoms with van der Waals surface area (Å²) in [5.41, 5.74) is 6.04. The van der Waals surface area contributed by atoms with E-state index in [4.69, 9.17) is 9.47 Å². The zero-order chi connectivity index (χ0) is 20.8. The van der Waals surface area contributed by atoms with E-state index < -0.39 is 0 Å². The first-order valence-corrected chi connectivity index (χ1v) is 11.1. The standard InChI is InChI=1S/C23H21N3O2S2/c1-16-22(21-9-6-12-29-21)25-23(30-16)26-24-14-18-10-11-19(20(13-18)27-2)28-15-17-7-4-3-5-8-17/h3-14H,15H2,1-2H3,(H,25,26)/b24-14-. The summed E-state index contributed by atoms with van der Waals surface area (Å²) in [4.78, 5) is 6.97. The molecular formula is C23H21N3O2S2. The van der Waals surface area contributed by atoms with Gasteiger partial charge in [-0.15, -0.1) is 22.7 Å². The minimum absolute atomic E-state index is 0.488. The number of nitrogens with zero attached hydrogens (tertiary/aromatic N) is 2. The number of aryl methyl sites for hydroxylation is 1. The van der Waals surface area contributed by atoms with E-state index in [1.807, 2.05) is 54.6 Å². The van der Waals surface area contributed by atoms with E-state index in [-0.39, 0.29) is 0 Å². The lowest BCUT2D eigenvalue weighted by molar-refractivity contribution is 0.284. The molecule has 1 N–H and O–H groups in total. The highest BCUT2D eigenvalue weighted by molar-refractivity contribution is 7.17. The van der Waals surface area contributed by atoms with Crippen LogP contribution in [0.25, 0.3) is 10.6 Å². The van der Waals surface area contributed by atoms with Gasteiger partial charge in [0.2, 0.25) is 5.13 Å². The number of hydrazone groups is 1. The Balaban J connectivity index is 1.41. The molecule has 0 aliphatic carbocycles. The molecule has 2 aromatic carbocycles. The Morgan fingerprint density at radius 1 is 1.07 bits per heavy atom. The number of thiophene rings is 1. The number of anilines is 1. The molecule has 0 saturated carbocycles. The van der Waals surface area contributed by atoms with Crippen LogP contribution >= 0.6 is 22.7 Å². The summed E-state index contributed by atoms with van der Waals surface area (Å²) in [5.74, 6) is 1.36. The maximum absolute atomic E-state index is 5.90. The van der Waals surface area contributed by atoms with Gasteiger partial charge in [-0.3, -0.25) is 5.43 Å². The van der Waals surface area contributed by atoms with E-state index in [2.05, 4.69) is 33.9 Å². The lowest BCUT2D eigenvalue weighted by Crippen LogP contribution is -1.98. The van der Waals surface area contributed by atoms with Crippen LogP contribution in [-0.2, 0) is 6.61 Å². The van der Waals surface area contributed by atoms with Gasteiger partial charge in [-0.1, -0.05) is 36.4 Å². The van der Waals surface area contributed by atoms with Crippen LogP contribution < -0.4 is 14.9 Å². The molecule has 7 heteroatoms. The molecule has 2 heterocycles. The van der Waals surface area contributed by atoms with Gasteiger partial charge < -0.3 is 9.47 Å². The molecule has 0 fully saturated rings. The van der Waals surface area contributed by atoms with E-state index in [0.717, 1.165) is 31.7 Å². The van der Waals surface area contributed by atoms with Gasteiger partial charge in [-0.25, -0.2) is 4.98 Å². The molecule has 0 amide bonds. The third kappa shape index (κ3) is 4.87. The second-order valence-corrected chi connectivity index (χ2v) is 8.61. The third-order valence-corrected chi connectivity index (χ3v) is 6.10. The Hall–Kier alpha value is -3.16. The third-order valence-electron chi connectivity index (χ3n) is 4.35. The van der Waals surface area contributed by atoms with Crippen LogP contribution in [0.5, 0.6) is 11.5 Å². The molecule has 0 bridgehead atoms. The normalized spacial score (nSPS) is 11.0. The molecular weight excluding hydrogens is 414 g/mol. The summed E-state index contributed by atoms with van der Waals surface area (Å²) in [6.07, 6.45) is 1.74. The quantitative estimate of drug-likeness (QED) is 0.264. The van der Waals surface area contributed by atoms with Crippen molar-refractivity contribution < 1.29 is 9.47 Å². The monoisotopic (exact) mass is 435 g/mol. The van der Waals surface area contributed by atoms with Crippen LogP contribution in [0.3, 0.4) is 0 Å². The zero-order valence-corrected chi connectivity index (χ0v) is 18.3. The molecule has 0 aliphatic heterocycles. The van der Waals surface area contributed by atoms with E-state index in [9.17, 15) is 0 Å². The first kappa shape index (κ1) is 20.1. The van der Waals surface area contributed by atoms with Gasteiger partial charge in [0.1, 0.15) is 6.61 Å². The summed E-state index contributed by atoms with van der Waals surface area (Å²) >= 11 is 3.27. The van der Waals surface area contributed by atoms with Crippen LogP contribution in [0.2, 0.25) is 0 Å². The van der Waals surface area contributed by atoms with Gasteiger partial charge in [0, 0.05) is 4.88 Å². The molecule has 0 unspecified atom stereocenters. The molecule has 0 aliphatic rings. The van der Waals surface area contributed by atoms with Crippen LogP contribution in [0, 0.1) is 6.92 Å². The average molecular weight is 436 g/mol. The predicted molar refractivity (Wildman–Crippen MR) is 125 cm³/mol. The van der Waals surface area contributed by atoms with Gasteiger partial charge in [-0.05, 0) is 47.7 Å². The number of thiazole rings is 1. The minimum atomic E-state index is 0.488. The van der Waals surface area contributed by atoms with Crippen molar-refractivity contribution in [2.24, 2.45) is 5.10 Å². The Bertz CT molecular complexity index is 1120. The fourth-order valence-corrected chi connectivity index (χ4v) is 4.48. The minimum Gasteiger partial charge on any atom is -0.493 e. The largest absolute Gasteiger partial charge is 0.493 e. The highest BCUT2D eigenvalue weighted by Crippen LogP contribution is 2.33.